The third-order valence-electron chi connectivity index (χ3n) is 2.52. The van der Waals surface area contributed by atoms with E-state index in [2.05, 4.69) is 17.6 Å². The summed E-state index contributed by atoms with van der Waals surface area (Å²) in [5.41, 5.74) is 0.866. The summed E-state index contributed by atoms with van der Waals surface area (Å²) in [6.45, 7) is 5.11. The molecule has 1 rings (SSSR count). The van der Waals surface area contributed by atoms with Crippen molar-refractivity contribution in [3.63, 3.8) is 0 Å². The lowest BCUT2D eigenvalue weighted by molar-refractivity contribution is -0.120. The highest BCUT2D eigenvalue weighted by Gasteiger charge is 2.12. The molecule has 5 heteroatoms. The van der Waals surface area contributed by atoms with Gasteiger partial charge in [-0.3, -0.25) is 4.79 Å². The van der Waals surface area contributed by atoms with E-state index in [0.717, 1.165) is 18.5 Å². The van der Waals surface area contributed by atoms with Crippen LogP contribution in [-0.2, 0) is 4.79 Å². The van der Waals surface area contributed by atoms with Crippen LogP contribution in [0.15, 0.2) is 18.2 Å². The van der Waals surface area contributed by atoms with Gasteiger partial charge in [0.2, 0.25) is 5.91 Å². The molecule has 0 aliphatic heterocycles. The molecule has 0 aliphatic rings. The predicted octanol–water partition coefficient (Wildman–Crippen LogP) is 3.17. The molecule has 1 aromatic carbocycles. The number of rotatable bonds is 6. The lowest BCUT2D eigenvalue weighted by Crippen LogP contribution is -2.35. The van der Waals surface area contributed by atoms with Crippen LogP contribution in [-0.4, -0.2) is 19.0 Å². The van der Waals surface area contributed by atoms with Gasteiger partial charge in [0.15, 0.2) is 0 Å². The van der Waals surface area contributed by atoms with Gasteiger partial charge in [0, 0.05) is 10.0 Å². The molecule has 1 amide bonds. The zero-order chi connectivity index (χ0) is 13.5. The molecule has 100 valence electrons. The summed E-state index contributed by atoms with van der Waals surface area (Å²) >= 11 is 11.9. The molecule has 0 bridgehead atoms. The first-order chi connectivity index (χ1) is 8.54. The van der Waals surface area contributed by atoms with E-state index in [9.17, 15) is 4.79 Å². The van der Waals surface area contributed by atoms with Crippen molar-refractivity contribution in [2.45, 2.75) is 26.3 Å². The Balaban J connectivity index is 2.54. The Hall–Kier alpha value is -0.770. The van der Waals surface area contributed by atoms with Crippen LogP contribution >= 0.6 is 23.2 Å². The molecule has 0 spiro atoms. The SMILES string of the molecule is CCCNCC(=O)NC(C)c1ccc(Cl)cc1Cl. The van der Waals surface area contributed by atoms with Crippen molar-refractivity contribution < 1.29 is 4.79 Å². The fourth-order valence-electron chi connectivity index (χ4n) is 1.60. The van der Waals surface area contributed by atoms with E-state index < -0.39 is 0 Å². The number of halogens is 2. The fraction of sp³-hybridized carbons (Fsp3) is 0.462. The number of carbonyl (C=O) groups excluding carboxylic acids is 1. The average molecular weight is 289 g/mol. The van der Waals surface area contributed by atoms with Gasteiger partial charge in [-0.15, -0.1) is 0 Å². The van der Waals surface area contributed by atoms with Crippen molar-refractivity contribution in [2.75, 3.05) is 13.1 Å². The summed E-state index contributed by atoms with van der Waals surface area (Å²) in [6.07, 6.45) is 1.01. The lowest BCUT2D eigenvalue weighted by atomic mass is 10.1. The Morgan fingerprint density at radius 1 is 1.39 bits per heavy atom. The van der Waals surface area contributed by atoms with Crippen molar-refractivity contribution in [1.82, 2.24) is 10.6 Å². The summed E-state index contributed by atoms with van der Waals surface area (Å²) in [7, 11) is 0. The van der Waals surface area contributed by atoms with Crippen LogP contribution in [0.25, 0.3) is 0 Å². The number of nitrogens with one attached hydrogen (secondary N) is 2. The van der Waals surface area contributed by atoms with Gasteiger partial charge in [0.25, 0.3) is 0 Å². The van der Waals surface area contributed by atoms with E-state index in [-0.39, 0.29) is 11.9 Å². The van der Waals surface area contributed by atoms with Crippen LogP contribution in [0, 0.1) is 0 Å². The van der Waals surface area contributed by atoms with Crippen LogP contribution in [0.3, 0.4) is 0 Å². The molecule has 3 nitrogen and oxygen atoms in total. The Labute approximate surface area is 118 Å². The first-order valence-electron chi connectivity index (χ1n) is 5.99. The molecule has 0 aliphatic carbocycles. The average Bonchev–Trinajstić information content (AvgIpc) is 2.28. The third kappa shape index (κ3) is 4.84. The van der Waals surface area contributed by atoms with E-state index in [1.54, 1.807) is 12.1 Å². The maximum atomic E-state index is 11.6. The Morgan fingerprint density at radius 2 is 2.11 bits per heavy atom. The van der Waals surface area contributed by atoms with Gasteiger partial charge in [-0.05, 0) is 37.6 Å². The minimum Gasteiger partial charge on any atom is -0.348 e. The molecule has 1 unspecified atom stereocenters. The third-order valence-corrected chi connectivity index (χ3v) is 3.08. The Bertz CT molecular complexity index is 410. The van der Waals surface area contributed by atoms with E-state index in [4.69, 9.17) is 23.2 Å². The van der Waals surface area contributed by atoms with Crippen molar-refractivity contribution in [3.8, 4) is 0 Å². The molecule has 0 fully saturated rings. The molecular weight excluding hydrogens is 271 g/mol. The van der Waals surface area contributed by atoms with Crippen molar-refractivity contribution >= 4 is 29.1 Å². The highest BCUT2D eigenvalue weighted by atomic mass is 35.5. The summed E-state index contributed by atoms with van der Waals surface area (Å²) in [6, 6.07) is 5.14. The Kier molecular flexibility index (Phi) is 6.47. The van der Waals surface area contributed by atoms with E-state index in [0.29, 0.717) is 16.6 Å². The summed E-state index contributed by atoms with van der Waals surface area (Å²) in [4.78, 5) is 11.6. The first-order valence-corrected chi connectivity index (χ1v) is 6.75. The van der Waals surface area contributed by atoms with Gasteiger partial charge in [0.05, 0.1) is 12.6 Å². The van der Waals surface area contributed by atoms with Gasteiger partial charge in [-0.25, -0.2) is 0 Å². The number of hydrogen-bond acceptors (Lipinski definition) is 2. The molecule has 1 atom stereocenters. The minimum absolute atomic E-state index is 0.0398. The van der Waals surface area contributed by atoms with Crippen LogP contribution in [0.4, 0.5) is 0 Å². The molecule has 2 N–H and O–H groups in total. The topological polar surface area (TPSA) is 41.1 Å². The van der Waals surface area contributed by atoms with Gasteiger partial charge >= 0.3 is 0 Å². The zero-order valence-corrected chi connectivity index (χ0v) is 12.1. The second-order valence-corrected chi connectivity index (χ2v) is 4.98. The lowest BCUT2D eigenvalue weighted by Gasteiger charge is -2.16. The molecule has 0 saturated heterocycles. The monoisotopic (exact) mass is 288 g/mol. The van der Waals surface area contributed by atoms with Gasteiger partial charge in [0.1, 0.15) is 0 Å². The predicted molar refractivity (Wildman–Crippen MR) is 76.2 cm³/mol. The summed E-state index contributed by atoms with van der Waals surface area (Å²) in [5.74, 6) is -0.0398. The molecule has 0 aromatic heterocycles. The molecule has 0 radical (unpaired) electrons. The molecule has 0 heterocycles. The number of amides is 1. The molecule has 18 heavy (non-hydrogen) atoms. The smallest absolute Gasteiger partial charge is 0.234 e. The highest BCUT2D eigenvalue weighted by Crippen LogP contribution is 2.25. The number of carbonyl (C=O) groups is 1. The fourth-order valence-corrected chi connectivity index (χ4v) is 2.17. The normalized spacial score (nSPS) is 12.2. The van der Waals surface area contributed by atoms with Crippen LogP contribution in [0.2, 0.25) is 10.0 Å². The minimum atomic E-state index is -0.134. The zero-order valence-electron chi connectivity index (χ0n) is 10.6. The second kappa shape index (κ2) is 7.62. The largest absolute Gasteiger partial charge is 0.348 e. The summed E-state index contributed by atoms with van der Waals surface area (Å²) in [5, 5.41) is 7.09. The highest BCUT2D eigenvalue weighted by molar-refractivity contribution is 6.35. The quantitative estimate of drug-likeness (QED) is 0.790. The number of benzene rings is 1. The first kappa shape index (κ1) is 15.3. The Morgan fingerprint density at radius 3 is 2.72 bits per heavy atom. The van der Waals surface area contributed by atoms with Crippen LogP contribution in [0.5, 0.6) is 0 Å². The number of hydrogen-bond donors (Lipinski definition) is 2. The van der Waals surface area contributed by atoms with Crippen LogP contribution in [0.1, 0.15) is 31.9 Å². The summed E-state index contributed by atoms with van der Waals surface area (Å²) < 4.78 is 0. The molecule has 1 aromatic rings. The van der Waals surface area contributed by atoms with Gasteiger partial charge in [-0.2, -0.15) is 0 Å². The maximum Gasteiger partial charge on any atom is 0.234 e. The van der Waals surface area contributed by atoms with Crippen molar-refractivity contribution in [2.24, 2.45) is 0 Å². The molecular formula is C13H18Cl2N2O. The standard InChI is InChI=1S/C13H18Cl2N2O/c1-3-6-16-8-13(18)17-9(2)11-5-4-10(14)7-12(11)15/h4-5,7,9,16H,3,6,8H2,1-2H3,(H,17,18). The van der Waals surface area contributed by atoms with Gasteiger partial charge < -0.3 is 10.6 Å². The second-order valence-electron chi connectivity index (χ2n) is 4.13. The maximum absolute atomic E-state index is 11.6. The van der Waals surface area contributed by atoms with E-state index >= 15 is 0 Å². The van der Waals surface area contributed by atoms with Crippen molar-refractivity contribution in [3.05, 3.63) is 33.8 Å². The van der Waals surface area contributed by atoms with Crippen LogP contribution < -0.4 is 10.6 Å². The molecule has 0 saturated carbocycles. The van der Waals surface area contributed by atoms with Crippen molar-refractivity contribution in [1.29, 1.82) is 0 Å². The van der Waals surface area contributed by atoms with E-state index in [1.165, 1.54) is 0 Å². The van der Waals surface area contributed by atoms with Gasteiger partial charge in [-0.1, -0.05) is 36.2 Å². The van der Waals surface area contributed by atoms with E-state index in [1.807, 2.05) is 13.0 Å².